The van der Waals surface area contributed by atoms with Gasteiger partial charge in [-0.1, -0.05) is 25.3 Å². The van der Waals surface area contributed by atoms with Gasteiger partial charge in [0.05, 0.1) is 44.2 Å². The van der Waals surface area contributed by atoms with Crippen LogP contribution in [0.1, 0.15) is 78.7 Å². The van der Waals surface area contributed by atoms with Crippen LogP contribution >= 0.6 is 0 Å². The van der Waals surface area contributed by atoms with E-state index in [0.29, 0.717) is 72.4 Å². The molecule has 0 aromatic heterocycles. The Morgan fingerprint density at radius 2 is 0.900 bits per heavy atom. The Hall–Kier alpha value is -5.38. The van der Waals surface area contributed by atoms with Gasteiger partial charge >= 0.3 is 23.9 Å². The average Bonchev–Trinajstić information content (AvgIpc) is 3.11. The van der Waals surface area contributed by atoms with Gasteiger partial charge in [0.25, 0.3) is 0 Å². The molecular weight excluding hydrogens is 640 g/mol. The van der Waals surface area contributed by atoms with Crippen molar-refractivity contribution in [2.75, 3.05) is 33.0 Å². The SMILES string of the molecule is C=C(C)C(=O)OCCCCCOc1ccc(C(=O)OCCc2ccc(OC(=O)c3ccc(OCCCCCOC(=O)C(=C)C)cc3)cc2)cc1. The number of carbonyl (C=O) groups excluding carboxylic acids is 4. The molecule has 0 amide bonds. The molecule has 0 aliphatic carbocycles. The van der Waals surface area contributed by atoms with Crippen LogP contribution in [0.4, 0.5) is 0 Å². The highest BCUT2D eigenvalue weighted by Crippen LogP contribution is 2.18. The molecule has 50 heavy (non-hydrogen) atoms. The van der Waals surface area contributed by atoms with Gasteiger partial charge in [0, 0.05) is 17.6 Å². The summed E-state index contributed by atoms with van der Waals surface area (Å²) < 4.78 is 32.5. The van der Waals surface area contributed by atoms with Gasteiger partial charge in [0.1, 0.15) is 17.2 Å². The lowest BCUT2D eigenvalue weighted by Crippen LogP contribution is -2.09. The maximum absolute atomic E-state index is 12.6. The summed E-state index contributed by atoms with van der Waals surface area (Å²) in [7, 11) is 0. The largest absolute Gasteiger partial charge is 0.494 e. The van der Waals surface area contributed by atoms with Crippen molar-refractivity contribution in [2.24, 2.45) is 0 Å². The van der Waals surface area contributed by atoms with Gasteiger partial charge in [0.15, 0.2) is 0 Å². The topological polar surface area (TPSA) is 124 Å². The summed E-state index contributed by atoms with van der Waals surface area (Å²) in [6.07, 6.45) is 5.32. The molecule has 0 N–H and O–H groups in total. The molecule has 0 radical (unpaired) electrons. The van der Waals surface area contributed by atoms with Crippen molar-refractivity contribution < 1.29 is 47.6 Å². The van der Waals surface area contributed by atoms with E-state index in [-0.39, 0.29) is 18.5 Å². The van der Waals surface area contributed by atoms with Crippen LogP contribution in [0.2, 0.25) is 0 Å². The molecule has 0 heterocycles. The maximum atomic E-state index is 12.6. The smallest absolute Gasteiger partial charge is 0.343 e. The Balaban J connectivity index is 1.28. The van der Waals surface area contributed by atoms with Crippen molar-refractivity contribution in [2.45, 2.75) is 58.8 Å². The fourth-order valence-corrected chi connectivity index (χ4v) is 4.33. The van der Waals surface area contributed by atoms with Crippen LogP contribution in [0.15, 0.2) is 97.1 Å². The van der Waals surface area contributed by atoms with Crippen LogP contribution in [0.3, 0.4) is 0 Å². The van der Waals surface area contributed by atoms with Gasteiger partial charge < -0.3 is 28.4 Å². The van der Waals surface area contributed by atoms with E-state index < -0.39 is 11.9 Å². The van der Waals surface area contributed by atoms with E-state index in [4.69, 9.17) is 28.4 Å². The number of hydrogen-bond acceptors (Lipinski definition) is 10. The van der Waals surface area contributed by atoms with Gasteiger partial charge in [-0.15, -0.1) is 0 Å². The van der Waals surface area contributed by atoms with Crippen LogP contribution in [0, 0.1) is 0 Å². The summed E-state index contributed by atoms with van der Waals surface area (Å²) in [6, 6.07) is 20.5. The minimum Gasteiger partial charge on any atom is -0.494 e. The lowest BCUT2D eigenvalue weighted by molar-refractivity contribution is -0.139. The lowest BCUT2D eigenvalue weighted by atomic mass is 10.1. The Kier molecular flexibility index (Phi) is 16.8. The number of rotatable bonds is 22. The van der Waals surface area contributed by atoms with E-state index in [1.54, 1.807) is 74.5 Å². The van der Waals surface area contributed by atoms with E-state index in [1.807, 2.05) is 12.1 Å². The van der Waals surface area contributed by atoms with Crippen LogP contribution in [0.25, 0.3) is 0 Å². The van der Waals surface area contributed by atoms with E-state index >= 15 is 0 Å². The summed E-state index contributed by atoms with van der Waals surface area (Å²) in [5.74, 6) is 0.0372. The molecule has 0 fully saturated rings. The fraction of sp³-hybridized carbons (Fsp3) is 0.350. The molecule has 3 aromatic carbocycles. The van der Waals surface area contributed by atoms with Crippen LogP contribution in [0.5, 0.6) is 17.2 Å². The first-order chi connectivity index (χ1) is 24.1. The van der Waals surface area contributed by atoms with E-state index in [1.165, 1.54) is 0 Å². The van der Waals surface area contributed by atoms with E-state index in [0.717, 1.165) is 44.1 Å². The zero-order chi connectivity index (χ0) is 36.1. The molecule has 10 heteroatoms. The second kappa shape index (κ2) is 21.6. The fourth-order valence-electron chi connectivity index (χ4n) is 4.33. The molecule has 0 aliphatic rings. The summed E-state index contributed by atoms with van der Waals surface area (Å²) in [6.45, 7) is 12.3. The first kappa shape index (κ1) is 39.1. The van der Waals surface area contributed by atoms with Crippen molar-refractivity contribution in [1.82, 2.24) is 0 Å². The van der Waals surface area contributed by atoms with Crippen molar-refractivity contribution in [1.29, 1.82) is 0 Å². The highest BCUT2D eigenvalue weighted by molar-refractivity contribution is 5.91. The molecular formula is C40H46O10. The number of esters is 4. The molecule has 3 aromatic rings. The quantitative estimate of drug-likeness (QED) is 0.0342. The number of benzene rings is 3. The number of unbranched alkanes of at least 4 members (excludes halogenated alkanes) is 4. The lowest BCUT2D eigenvalue weighted by Gasteiger charge is -2.09. The van der Waals surface area contributed by atoms with Gasteiger partial charge in [0.2, 0.25) is 0 Å². The molecule has 0 spiro atoms. The molecule has 266 valence electrons. The zero-order valence-corrected chi connectivity index (χ0v) is 28.9. The Morgan fingerprint density at radius 1 is 0.480 bits per heavy atom. The van der Waals surface area contributed by atoms with Gasteiger partial charge in [-0.25, -0.2) is 19.2 Å². The Labute approximate surface area is 294 Å². The predicted octanol–water partition coefficient (Wildman–Crippen LogP) is 7.64. The second-order valence-corrected chi connectivity index (χ2v) is 11.6. The zero-order valence-electron chi connectivity index (χ0n) is 28.9. The van der Waals surface area contributed by atoms with Crippen LogP contribution < -0.4 is 14.2 Å². The predicted molar refractivity (Wildman–Crippen MR) is 189 cm³/mol. The molecule has 0 unspecified atom stereocenters. The second-order valence-electron chi connectivity index (χ2n) is 11.6. The molecule has 0 saturated heterocycles. The Morgan fingerprint density at radius 3 is 1.36 bits per heavy atom. The third kappa shape index (κ3) is 14.8. The summed E-state index contributed by atoms with van der Waals surface area (Å²) in [5.41, 5.74) is 2.52. The standard InChI is InChI=1S/C40H46O10/c1-29(2)37(41)47-26-9-5-7-24-45-34-19-13-32(14-20-34)39(43)49-28-23-31-11-17-36(18-12-31)50-40(44)33-15-21-35(22-16-33)46-25-8-6-10-27-48-38(42)30(3)4/h11-22H,1,3,5-10,23-28H2,2,4H3. The van der Waals surface area contributed by atoms with E-state index in [2.05, 4.69) is 13.2 Å². The summed E-state index contributed by atoms with van der Waals surface area (Å²) >= 11 is 0. The van der Waals surface area contributed by atoms with Crippen molar-refractivity contribution in [3.05, 3.63) is 114 Å². The van der Waals surface area contributed by atoms with Gasteiger partial charge in [-0.3, -0.25) is 0 Å². The number of carbonyl (C=O) groups is 4. The van der Waals surface area contributed by atoms with Crippen molar-refractivity contribution >= 4 is 23.9 Å². The third-order valence-electron chi connectivity index (χ3n) is 7.22. The minimum atomic E-state index is -0.488. The molecule has 3 rings (SSSR count). The number of ether oxygens (including phenoxy) is 6. The molecule has 0 saturated carbocycles. The Bertz CT molecular complexity index is 1560. The highest BCUT2D eigenvalue weighted by Gasteiger charge is 2.11. The average molecular weight is 687 g/mol. The summed E-state index contributed by atoms with van der Waals surface area (Å²) in [4.78, 5) is 47.8. The van der Waals surface area contributed by atoms with Crippen LogP contribution in [-0.2, 0) is 30.2 Å². The van der Waals surface area contributed by atoms with Gasteiger partial charge in [-0.05, 0) is 119 Å². The van der Waals surface area contributed by atoms with Crippen molar-refractivity contribution in [3.63, 3.8) is 0 Å². The molecule has 0 aliphatic heterocycles. The highest BCUT2D eigenvalue weighted by atomic mass is 16.5. The number of hydrogen-bond donors (Lipinski definition) is 0. The maximum Gasteiger partial charge on any atom is 0.343 e. The normalized spacial score (nSPS) is 10.4. The first-order valence-corrected chi connectivity index (χ1v) is 16.7. The van der Waals surface area contributed by atoms with Gasteiger partial charge in [-0.2, -0.15) is 0 Å². The summed E-state index contributed by atoms with van der Waals surface area (Å²) in [5, 5.41) is 0. The minimum absolute atomic E-state index is 0.192. The van der Waals surface area contributed by atoms with Crippen LogP contribution in [-0.4, -0.2) is 56.9 Å². The van der Waals surface area contributed by atoms with E-state index in [9.17, 15) is 19.2 Å². The molecule has 10 nitrogen and oxygen atoms in total. The molecule has 0 bridgehead atoms. The third-order valence-corrected chi connectivity index (χ3v) is 7.22. The molecule has 0 atom stereocenters. The first-order valence-electron chi connectivity index (χ1n) is 16.7. The van der Waals surface area contributed by atoms with Crippen molar-refractivity contribution in [3.8, 4) is 17.2 Å². The monoisotopic (exact) mass is 686 g/mol.